The van der Waals surface area contributed by atoms with Crippen molar-refractivity contribution in [1.82, 2.24) is 10.2 Å². The maximum Gasteiger partial charge on any atom is 0.259 e. The van der Waals surface area contributed by atoms with Gasteiger partial charge in [0.2, 0.25) is 18.6 Å². The number of para-hydroxylation sites is 1. The summed E-state index contributed by atoms with van der Waals surface area (Å²) in [5.74, 6) is 3.14. The van der Waals surface area contributed by atoms with Crippen LogP contribution in [0, 0.1) is 0 Å². The first-order chi connectivity index (χ1) is 16.2. The number of ether oxygens (including phenoxy) is 3. The molecule has 0 aliphatic carbocycles. The Bertz CT molecular complexity index is 1290. The molecule has 1 aliphatic rings. The number of thioether (sulfide) groups is 1. The highest BCUT2D eigenvalue weighted by Crippen LogP contribution is 2.35. The second-order valence-corrected chi connectivity index (χ2v) is 8.09. The lowest BCUT2D eigenvalue weighted by molar-refractivity contribution is 0.102. The number of hydrogen-bond donors (Lipinski definition) is 1. The molecule has 33 heavy (non-hydrogen) atoms. The Labute approximate surface area is 193 Å². The molecular formula is C24H19N3O5S. The number of methoxy groups -OCH3 is 1. The van der Waals surface area contributed by atoms with Gasteiger partial charge in [-0.2, -0.15) is 0 Å². The molecular weight excluding hydrogens is 442 g/mol. The van der Waals surface area contributed by atoms with E-state index in [2.05, 4.69) is 15.5 Å². The summed E-state index contributed by atoms with van der Waals surface area (Å²) in [5, 5.41) is 11.1. The highest BCUT2D eigenvalue weighted by molar-refractivity contribution is 7.98. The van der Waals surface area contributed by atoms with Crippen molar-refractivity contribution in [3.8, 4) is 28.7 Å². The van der Waals surface area contributed by atoms with Gasteiger partial charge in [0, 0.05) is 16.1 Å². The standard InChI is InChI=1S/C24H19N3O5S/c1-29-19-5-3-2-4-18(19)23(28)25-16-7-9-17(10-8-16)33-13-22-26-27-24(32-22)15-6-11-20-21(12-15)31-14-30-20/h2-12H,13-14H2,1H3,(H,25,28). The zero-order valence-electron chi connectivity index (χ0n) is 17.6. The van der Waals surface area contributed by atoms with E-state index in [4.69, 9.17) is 18.6 Å². The van der Waals surface area contributed by atoms with E-state index >= 15 is 0 Å². The van der Waals surface area contributed by atoms with Crippen molar-refractivity contribution in [2.75, 3.05) is 19.2 Å². The molecule has 0 spiro atoms. The summed E-state index contributed by atoms with van der Waals surface area (Å²) < 4.78 is 21.8. The van der Waals surface area contributed by atoms with Gasteiger partial charge in [0.05, 0.1) is 18.4 Å². The third kappa shape index (κ3) is 4.63. The summed E-state index contributed by atoms with van der Waals surface area (Å²) in [6.07, 6.45) is 0. The monoisotopic (exact) mass is 461 g/mol. The van der Waals surface area contributed by atoms with E-state index in [1.54, 1.807) is 37.1 Å². The number of aromatic nitrogens is 2. The Morgan fingerprint density at radius 3 is 2.70 bits per heavy atom. The summed E-state index contributed by atoms with van der Waals surface area (Å²) in [4.78, 5) is 13.5. The van der Waals surface area contributed by atoms with Crippen LogP contribution in [0.2, 0.25) is 0 Å². The lowest BCUT2D eigenvalue weighted by Crippen LogP contribution is -2.12. The smallest absolute Gasteiger partial charge is 0.259 e. The van der Waals surface area contributed by atoms with E-state index in [-0.39, 0.29) is 12.7 Å². The molecule has 1 aliphatic heterocycles. The fraction of sp³-hybridized carbons (Fsp3) is 0.125. The van der Waals surface area contributed by atoms with Gasteiger partial charge in [-0.3, -0.25) is 4.79 Å². The molecule has 3 aromatic carbocycles. The van der Waals surface area contributed by atoms with Gasteiger partial charge in [-0.25, -0.2) is 0 Å². The number of rotatable bonds is 7. The Morgan fingerprint density at radius 2 is 1.85 bits per heavy atom. The molecule has 0 saturated carbocycles. The second-order valence-electron chi connectivity index (χ2n) is 7.04. The number of carbonyl (C=O) groups is 1. The van der Waals surface area contributed by atoms with Gasteiger partial charge in [0.25, 0.3) is 5.91 Å². The fourth-order valence-electron chi connectivity index (χ4n) is 3.27. The van der Waals surface area contributed by atoms with E-state index in [0.29, 0.717) is 46.0 Å². The van der Waals surface area contributed by atoms with Crippen LogP contribution in [0.4, 0.5) is 5.69 Å². The molecule has 0 atom stereocenters. The van der Waals surface area contributed by atoms with Crippen LogP contribution < -0.4 is 19.5 Å². The van der Waals surface area contributed by atoms with Crippen LogP contribution in [-0.2, 0) is 5.75 Å². The van der Waals surface area contributed by atoms with E-state index in [9.17, 15) is 4.79 Å². The number of amides is 1. The van der Waals surface area contributed by atoms with E-state index in [0.717, 1.165) is 10.5 Å². The zero-order chi connectivity index (χ0) is 22.6. The second kappa shape index (κ2) is 9.25. The summed E-state index contributed by atoms with van der Waals surface area (Å²) in [6, 6.07) is 20.2. The highest BCUT2D eigenvalue weighted by Gasteiger charge is 2.17. The van der Waals surface area contributed by atoms with Gasteiger partial charge in [0.15, 0.2) is 11.5 Å². The summed E-state index contributed by atoms with van der Waals surface area (Å²) in [7, 11) is 1.54. The number of nitrogens with one attached hydrogen (secondary N) is 1. The van der Waals surface area contributed by atoms with Crippen LogP contribution in [0.3, 0.4) is 0 Å². The fourth-order valence-corrected chi connectivity index (χ4v) is 4.00. The Balaban J connectivity index is 1.19. The van der Waals surface area contributed by atoms with Crippen molar-refractivity contribution in [2.24, 2.45) is 0 Å². The van der Waals surface area contributed by atoms with Gasteiger partial charge in [-0.1, -0.05) is 12.1 Å². The third-order valence-corrected chi connectivity index (χ3v) is 5.91. The van der Waals surface area contributed by atoms with Crippen LogP contribution in [0.5, 0.6) is 17.2 Å². The van der Waals surface area contributed by atoms with E-state index in [1.165, 1.54) is 0 Å². The Kier molecular flexibility index (Phi) is 5.86. The average molecular weight is 461 g/mol. The molecule has 1 N–H and O–H groups in total. The van der Waals surface area contributed by atoms with Gasteiger partial charge in [0.1, 0.15) is 5.75 Å². The predicted molar refractivity (Wildman–Crippen MR) is 123 cm³/mol. The van der Waals surface area contributed by atoms with Gasteiger partial charge in [-0.15, -0.1) is 22.0 Å². The molecule has 4 aromatic rings. The first-order valence-electron chi connectivity index (χ1n) is 10.1. The van der Waals surface area contributed by atoms with Gasteiger partial charge >= 0.3 is 0 Å². The third-order valence-electron chi connectivity index (χ3n) is 4.91. The SMILES string of the molecule is COc1ccccc1C(=O)Nc1ccc(SCc2nnc(-c3ccc4c(c3)OCO4)o2)cc1. The largest absolute Gasteiger partial charge is 0.496 e. The molecule has 1 aromatic heterocycles. The number of fused-ring (bicyclic) bond motifs is 1. The van der Waals surface area contributed by atoms with Crippen molar-refractivity contribution >= 4 is 23.4 Å². The molecule has 0 saturated heterocycles. The quantitative estimate of drug-likeness (QED) is 0.384. The zero-order valence-corrected chi connectivity index (χ0v) is 18.4. The van der Waals surface area contributed by atoms with Crippen molar-refractivity contribution in [2.45, 2.75) is 10.6 Å². The van der Waals surface area contributed by atoms with Crippen molar-refractivity contribution in [3.63, 3.8) is 0 Å². The lowest BCUT2D eigenvalue weighted by atomic mass is 10.2. The van der Waals surface area contributed by atoms with Crippen LogP contribution in [-0.4, -0.2) is 30.0 Å². The molecule has 0 fully saturated rings. The Morgan fingerprint density at radius 1 is 1.03 bits per heavy atom. The van der Waals surface area contributed by atoms with Gasteiger partial charge in [-0.05, 0) is 54.6 Å². The maximum atomic E-state index is 12.5. The minimum atomic E-state index is -0.227. The van der Waals surface area contributed by atoms with E-state index in [1.807, 2.05) is 48.5 Å². The molecule has 8 nitrogen and oxygen atoms in total. The van der Waals surface area contributed by atoms with Crippen molar-refractivity contribution < 1.29 is 23.4 Å². The first kappa shape index (κ1) is 20.9. The topological polar surface area (TPSA) is 95.7 Å². The normalized spacial score (nSPS) is 11.9. The van der Waals surface area contributed by atoms with Crippen LogP contribution >= 0.6 is 11.8 Å². The number of carbonyl (C=O) groups excluding carboxylic acids is 1. The Hall–Kier alpha value is -3.98. The minimum absolute atomic E-state index is 0.216. The molecule has 5 rings (SSSR count). The summed E-state index contributed by atoms with van der Waals surface area (Å²) >= 11 is 1.56. The molecule has 0 radical (unpaired) electrons. The molecule has 166 valence electrons. The van der Waals surface area contributed by atoms with Crippen molar-refractivity contribution in [1.29, 1.82) is 0 Å². The number of hydrogen-bond acceptors (Lipinski definition) is 8. The summed E-state index contributed by atoms with van der Waals surface area (Å²) in [6.45, 7) is 0.216. The molecule has 9 heteroatoms. The average Bonchev–Trinajstić information content (AvgIpc) is 3.52. The van der Waals surface area contributed by atoms with Gasteiger partial charge < -0.3 is 23.9 Å². The van der Waals surface area contributed by atoms with Crippen LogP contribution in [0.15, 0.2) is 76.0 Å². The van der Waals surface area contributed by atoms with Crippen LogP contribution in [0.1, 0.15) is 16.2 Å². The van der Waals surface area contributed by atoms with Crippen LogP contribution in [0.25, 0.3) is 11.5 Å². The molecule has 0 bridgehead atoms. The molecule has 0 unspecified atom stereocenters. The predicted octanol–water partition coefficient (Wildman–Crippen LogP) is 5.02. The summed E-state index contributed by atoms with van der Waals surface area (Å²) in [5.41, 5.74) is 1.95. The lowest BCUT2D eigenvalue weighted by Gasteiger charge is -2.09. The molecule has 2 heterocycles. The molecule has 1 amide bonds. The van der Waals surface area contributed by atoms with Crippen molar-refractivity contribution in [3.05, 3.63) is 78.2 Å². The number of anilines is 1. The first-order valence-corrected chi connectivity index (χ1v) is 11.1. The van der Waals surface area contributed by atoms with E-state index < -0.39 is 0 Å². The number of nitrogens with zero attached hydrogens (tertiary/aromatic N) is 2. The minimum Gasteiger partial charge on any atom is -0.496 e. The highest BCUT2D eigenvalue weighted by atomic mass is 32.2. The maximum absolute atomic E-state index is 12.5. The number of benzene rings is 3.